The molecule has 2 aromatic rings. The Kier molecular flexibility index (Phi) is 4.77. The van der Waals surface area contributed by atoms with Gasteiger partial charge < -0.3 is 10.0 Å². The number of hydrogen-bond acceptors (Lipinski definition) is 3. The molecule has 0 spiro atoms. The molecule has 117 valence electrons. The molecule has 1 saturated heterocycles. The SMILES string of the molecule is O=C(/C=C/c1ccc(N2CCCCC2)cc1)c1cc[c]cc1O. The molecule has 1 heterocycles. The van der Waals surface area contributed by atoms with Crippen molar-refractivity contribution in [1.29, 1.82) is 0 Å². The van der Waals surface area contributed by atoms with Crippen molar-refractivity contribution in [3.05, 3.63) is 65.7 Å². The summed E-state index contributed by atoms with van der Waals surface area (Å²) in [4.78, 5) is 14.5. The maximum Gasteiger partial charge on any atom is 0.189 e. The first-order valence-electron chi connectivity index (χ1n) is 8.00. The summed E-state index contributed by atoms with van der Waals surface area (Å²) >= 11 is 0. The van der Waals surface area contributed by atoms with Crippen LogP contribution in [-0.2, 0) is 0 Å². The van der Waals surface area contributed by atoms with E-state index >= 15 is 0 Å². The molecule has 1 N–H and O–H groups in total. The van der Waals surface area contributed by atoms with Crippen LogP contribution in [0.4, 0.5) is 5.69 Å². The number of nitrogens with zero attached hydrogens (tertiary/aromatic N) is 1. The molecule has 1 aliphatic heterocycles. The van der Waals surface area contributed by atoms with Crippen molar-refractivity contribution in [2.24, 2.45) is 0 Å². The van der Waals surface area contributed by atoms with E-state index in [-0.39, 0.29) is 11.5 Å². The Morgan fingerprint density at radius 1 is 1.09 bits per heavy atom. The summed E-state index contributed by atoms with van der Waals surface area (Å²) in [6.07, 6.45) is 7.11. The summed E-state index contributed by atoms with van der Waals surface area (Å²) in [5, 5.41) is 9.67. The van der Waals surface area contributed by atoms with Gasteiger partial charge in [-0.3, -0.25) is 4.79 Å². The third-order valence-corrected chi connectivity index (χ3v) is 4.15. The molecule has 23 heavy (non-hydrogen) atoms. The molecule has 0 saturated carbocycles. The van der Waals surface area contributed by atoms with Crippen LogP contribution in [0.5, 0.6) is 5.75 Å². The van der Waals surface area contributed by atoms with Crippen molar-refractivity contribution in [2.75, 3.05) is 18.0 Å². The predicted octanol–water partition coefficient (Wildman–Crippen LogP) is 4.08. The van der Waals surface area contributed by atoms with Crippen LogP contribution in [0, 0.1) is 6.07 Å². The molecular weight excluding hydrogens is 286 g/mol. The lowest BCUT2D eigenvalue weighted by Gasteiger charge is -2.28. The van der Waals surface area contributed by atoms with Gasteiger partial charge in [-0.25, -0.2) is 0 Å². The van der Waals surface area contributed by atoms with Gasteiger partial charge in [-0.15, -0.1) is 0 Å². The molecule has 3 heteroatoms. The minimum Gasteiger partial charge on any atom is -0.507 e. The smallest absolute Gasteiger partial charge is 0.189 e. The van der Waals surface area contributed by atoms with Crippen molar-refractivity contribution in [3.8, 4) is 5.75 Å². The zero-order chi connectivity index (χ0) is 16.1. The molecule has 1 fully saturated rings. The third-order valence-electron chi connectivity index (χ3n) is 4.15. The number of piperidine rings is 1. The number of hydrogen-bond donors (Lipinski definition) is 1. The largest absolute Gasteiger partial charge is 0.507 e. The highest BCUT2D eigenvalue weighted by Gasteiger charge is 2.10. The summed E-state index contributed by atoms with van der Waals surface area (Å²) < 4.78 is 0. The highest BCUT2D eigenvalue weighted by molar-refractivity contribution is 6.08. The van der Waals surface area contributed by atoms with Crippen LogP contribution in [0.3, 0.4) is 0 Å². The fraction of sp³-hybridized carbons (Fsp3) is 0.250. The van der Waals surface area contributed by atoms with Gasteiger partial charge in [0.05, 0.1) is 5.56 Å². The van der Waals surface area contributed by atoms with E-state index in [0.717, 1.165) is 18.7 Å². The molecule has 0 aliphatic carbocycles. The molecule has 0 unspecified atom stereocenters. The number of benzene rings is 2. The van der Waals surface area contributed by atoms with Crippen LogP contribution in [0.25, 0.3) is 6.08 Å². The Labute approximate surface area is 136 Å². The van der Waals surface area contributed by atoms with E-state index in [1.165, 1.54) is 37.1 Å². The van der Waals surface area contributed by atoms with Gasteiger partial charge in [0.15, 0.2) is 5.78 Å². The quantitative estimate of drug-likeness (QED) is 0.683. The van der Waals surface area contributed by atoms with Crippen LogP contribution >= 0.6 is 0 Å². The Bertz CT molecular complexity index is 698. The van der Waals surface area contributed by atoms with E-state index in [2.05, 4.69) is 23.1 Å². The Morgan fingerprint density at radius 3 is 2.52 bits per heavy atom. The minimum absolute atomic E-state index is 0.0393. The zero-order valence-corrected chi connectivity index (χ0v) is 13.0. The maximum atomic E-state index is 12.1. The molecule has 3 rings (SSSR count). The molecular formula is C20H20NO2. The lowest BCUT2D eigenvalue weighted by atomic mass is 10.1. The monoisotopic (exact) mass is 306 g/mol. The van der Waals surface area contributed by atoms with E-state index in [1.807, 2.05) is 12.1 Å². The zero-order valence-electron chi connectivity index (χ0n) is 13.0. The topological polar surface area (TPSA) is 40.5 Å². The summed E-state index contributed by atoms with van der Waals surface area (Å²) in [6.45, 7) is 2.25. The van der Waals surface area contributed by atoms with Crippen molar-refractivity contribution in [1.82, 2.24) is 0 Å². The van der Waals surface area contributed by atoms with Gasteiger partial charge >= 0.3 is 0 Å². The van der Waals surface area contributed by atoms with Crippen molar-refractivity contribution < 1.29 is 9.90 Å². The van der Waals surface area contributed by atoms with Gasteiger partial charge in [0, 0.05) is 18.8 Å². The molecule has 0 atom stereocenters. The van der Waals surface area contributed by atoms with Crippen molar-refractivity contribution in [3.63, 3.8) is 0 Å². The Morgan fingerprint density at radius 2 is 1.83 bits per heavy atom. The van der Waals surface area contributed by atoms with Crippen LogP contribution in [0.2, 0.25) is 0 Å². The number of allylic oxidation sites excluding steroid dienone is 1. The highest BCUT2D eigenvalue weighted by Crippen LogP contribution is 2.21. The van der Waals surface area contributed by atoms with Crippen molar-refractivity contribution >= 4 is 17.5 Å². The fourth-order valence-electron chi connectivity index (χ4n) is 2.84. The standard InChI is InChI=1S/C20H20NO2/c22-19-7-3-2-6-18(19)20(23)13-10-16-8-11-17(12-9-16)21-14-4-1-5-15-21/h2,6-13,22H,1,4-5,14-15H2/b13-10+. The van der Waals surface area contributed by atoms with Gasteiger partial charge in [0.1, 0.15) is 5.75 Å². The normalized spacial score (nSPS) is 15.0. The fourth-order valence-corrected chi connectivity index (χ4v) is 2.84. The van der Waals surface area contributed by atoms with Crippen LogP contribution in [-0.4, -0.2) is 24.0 Å². The summed E-state index contributed by atoms with van der Waals surface area (Å²) in [6, 6.07) is 15.6. The predicted molar refractivity (Wildman–Crippen MR) is 92.8 cm³/mol. The maximum absolute atomic E-state index is 12.1. The first-order chi connectivity index (χ1) is 11.2. The molecule has 0 bridgehead atoms. The molecule has 0 aromatic heterocycles. The van der Waals surface area contributed by atoms with Gasteiger partial charge in [0.2, 0.25) is 0 Å². The summed E-state index contributed by atoms with van der Waals surface area (Å²) in [5.41, 5.74) is 2.51. The third kappa shape index (κ3) is 3.81. The Hall–Kier alpha value is -2.55. The number of phenolic OH excluding ortho intramolecular Hbond substituents is 1. The van der Waals surface area contributed by atoms with Gasteiger partial charge in [0.25, 0.3) is 0 Å². The van der Waals surface area contributed by atoms with Crippen LogP contribution < -0.4 is 4.90 Å². The molecule has 2 aromatic carbocycles. The Balaban J connectivity index is 1.68. The number of phenols is 1. The summed E-state index contributed by atoms with van der Waals surface area (Å²) in [7, 11) is 0. The first kappa shape index (κ1) is 15.3. The summed E-state index contributed by atoms with van der Waals surface area (Å²) in [5.74, 6) is -0.251. The minimum atomic E-state index is -0.211. The van der Waals surface area contributed by atoms with Gasteiger partial charge in [-0.05, 0) is 61.2 Å². The lowest BCUT2D eigenvalue weighted by Crippen LogP contribution is -2.29. The van der Waals surface area contributed by atoms with E-state index in [1.54, 1.807) is 18.2 Å². The second kappa shape index (κ2) is 7.14. The second-order valence-corrected chi connectivity index (χ2v) is 5.78. The molecule has 0 amide bonds. The highest BCUT2D eigenvalue weighted by atomic mass is 16.3. The number of carbonyl (C=O) groups is 1. The number of anilines is 1. The number of carbonyl (C=O) groups excluding carboxylic acids is 1. The average molecular weight is 306 g/mol. The number of ketones is 1. The molecule has 3 nitrogen and oxygen atoms in total. The number of aromatic hydroxyl groups is 1. The van der Waals surface area contributed by atoms with Crippen LogP contribution in [0.1, 0.15) is 35.2 Å². The second-order valence-electron chi connectivity index (χ2n) is 5.78. The van der Waals surface area contributed by atoms with Crippen LogP contribution in [0.15, 0.2) is 48.5 Å². The van der Waals surface area contributed by atoms with E-state index in [9.17, 15) is 9.90 Å². The van der Waals surface area contributed by atoms with E-state index in [0.29, 0.717) is 5.56 Å². The van der Waals surface area contributed by atoms with E-state index < -0.39 is 0 Å². The van der Waals surface area contributed by atoms with Gasteiger partial charge in [-0.2, -0.15) is 0 Å². The van der Waals surface area contributed by atoms with Crippen molar-refractivity contribution in [2.45, 2.75) is 19.3 Å². The number of rotatable bonds is 4. The average Bonchev–Trinajstić information content (AvgIpc) is 2.61. The molecule has 1 radical (unpaired) electrons. The molecule has 1 aliphatic rings. The first-order valence-corrected chi connectivity index (χ1v) is 8.00. The van der Waals surface area contributed by atoms with E-state index in [4.69, 9.17) is 0 Å². The van der Waals surface area contributed by atoms with Gasteiger partial charge in [-0.1, -0.05) is 24.3 Å². The lowest BCUT2D eigenvalue weighted by molar-refractivity contribution is 0.104.